The number of ether oxygens (including phenoxy) is 2. The lowest BCUT2D eigenvalue weighted by molar-refractivity contribution is -0.118. The summed E-state index contributed by atoms with van der Waals surface area (Å²) in [5.41, 5.74) is 3.06. The highest BCUT2D eigenvalue weighted by atomic mass is 16.5. The van der Waals surface area contributed by atoms with Gasteiger partial charge in [-0.15, -0.1) is 0 Å². The summed E-state index contributed by atoms with van der Waals surface area (Å²) in [6.45, 7) is 5.84. The van der Waals surface area contributed by atoms with E-state index in [0.717, 1.165) is 30.4 Å². The third kappa shape index (κ3) is 4.53. The fraction of sp³-hybridized carbons (Fsp3) is 0.391. The number of para-hydroxylation sites is 1. The van der Waals surface area contributed by atoms with Crippen LogP contribution < -0.4 is 20.1 Å². The second kappa shape index (κ2) is 7.43. The van der Waals surface area contributed by atoms with Crippen molar-refractivity contribution in [2.24, 2.45) is 5.92 Å². The Morgan fingerprint density at radius 3 is 2.72 bits per heavy atom. The molecule has 0 saturated heterocycles. The van der Waals surface area contributed by atoms with Crippen molar-refractivity contribution in [3.63, 3.8) is 0 Å². The van der Waals surface area contributed by atoms with Crippen LogP contribution >= 0.6 is 0 Å². The van der Waals surface area contributed by atoms with Gasteiger partial charge in [0.25, 0.3) is 5.91 Å². The zero-order valence-electron chi connectivity index (χ0n) is 17.0. The molecule has 152 valence electrons. The van der Waals surface area contributed by atoms with Gasteiger partial charge in [0.2, 0.25) is 5.91 Å². The summed E-state index contributed by atoms with van der Waals surface area (Å²) in [6.07, 6.45) is 2.70. The van der Waals surface area contributed by atoms with Gasteiger partial charge in [-0.05, 0) is 57.4 Å². The Balaban J connectivity index is 1.38. The number of rotatable bonds is 6. The van der Waals surface area contributed by atoms with E-state index in [2.05, 4.69) is 10.6 Å². The molecule has 0 aromatic heterocycles. The number of anilines is 2. The van der Waals surface area contributed by atoms with E-state index in [1.807, 2.05) is 51.1 Å². The monoisotopic (exact) mass is 394 g/mol. The smallest absolute Gasteiger partial charge is 0.262 e. The number of carbonyl (C=O) groups is 2. The summed E-state index contributed by atoms with van der Waals surface area (Å²) in [7, 11) is 0. The Morgan fingerprint density at radius 1 is 1.17 bits per heavy atom. The number of carbonyl (C=O) groups excluding carboxylic acids is 2. The van der Waals surface area contributed by atoms with E-state index in [4.69, 9.17) is 9.47 Å². The molecule has 0 spiro atoms. The first-order valence-corrected chi connectivity index (χ1v) is 9.96. The van der Waals surface area contributed by atoms with Gasteiger partial charge in [0.1, 0.15) is 5.60 Å². The van der Waals surface area contributed by atoms with Crippen LogP contribution in [0.5, 0.6) is 11.5 Å². The van der Waals surface area contributed by atoms with Crippen molar-refractivity contribution in [3.05, 3.63) is 47.5 Å². The van der Waals surface area contributed by atoms with Crippen LogP contribution in [0, 0.1) is 12.8 Å². The van der Waals surface area contributed by atoms with Gasteiger partial charge in [-0.1, -0.05) is 18.2 Å². The lowest BCUT2D eigenvalue weighted by atomic mass is 10.0. The largest absolute Gasteiger partial charge is 0.483 e. The lowest BCUT2D eigenvalue weighted by Crippen LogP contribution is -2.25. The van der Waals surface area contributed by atoms with Gasteiger partial charge >= 0.3 is 0 Å². The molecule has 1 saturated carbocycles. The number of aryl methyl sites for hydroxylation is 1. The zero-order valence-corrected chi connectivity index (χ0v) is 17.0. The molecule has 1 aliphatic carbocycles. The van der Waals surface area contributed by atoms with E-state index in [9.17, 15) is 9.59 Å². The van der Waals surface area contributed by atoms with Gasteiger partial charge in [-0.3, -0.25) is 9.59 Å². The molecule has 1 fully saturated rings. The quantitative estimate of drug-likeness (QED) is 0.774. The van der Waals surface area contributed by atoms with Gasteiger partial charge < -0.3 is 20.1 Å². The summed E-state index contributed by atoms with van der Waals surface area (Å²) < 4.78 is 11.7. The molecule has 2 aliphatic rings. The van der Waals surface area contributed by atoms with E-state index in [1.165, 1.54) is 0 Å². The number of benzene rings is 2. The van der Waals surface area contributed by atoms with Gasteiger partial charge in [-0.2, -0.15) is 0 Å². The lowest BCUT2D eigenvalue weighted by Gasteiger charge is -2.18. The van der Waals surface area contributed by atoms with E-state index in [0.29, 0.717) is 22.9 Å². The van der Waals surface area contributed by atoms with Crippen LogP contribution in [0.1, 0.15) is 37.8 Å². The molecule has 2 N–H and O–H groups in total. The van der Waals surface area contributed by atoms with Crippen molar-refractivity contribution in [3.8, 4) is 11.5 Å². The predicted molar refractivity (Wildman–Crippen MR) is 112 cm³/mol. The standard InChI is InChI=1S/C23H26N2O4/c1-14-7-10-17(24-22(27)15-8-9-15)11-18(14)25-20(26)13-28-19-6-4-5-16-12-23(2,3)29-21(16)19/h4-7,10-11,15H,8-9,12-13H2,1-3H3,(H,24,27)(H,25,26). The van der Waals surface area contributed by atoms with E-state index >= 15 is 0 Å². The van der Waals surface area contributed by atoms with Crippen LogP contribution in [0.15, 0.2) is 36.4 Å². The van der Waals surface area contributed by atoms with Crippen molar-refractivity contribution in [1.29, 1.82) is 0 Å². The maximum absolute atomic E-state index is 12.5. The first-order chi connectivity index (χ1) is 13.8. The molecule has 29 heavy (non-hydrogen) atoms. The van der Waals surface area contributed by atoms with Crippen LogP contribution in [-0.4, -0.2) is 24.0 Å². The molecular formula is C23H26N2O4. The Hall–Kier alpha value is -3.02. The fourth-order valence-corrected chi connectivity index (χ4v) is 3.45. The van der Waals surface area contributed by atoms with E-state index in [1.54, 1.807) is 6.07 Å². The first-order valence-electron chi connectivity index (χ1n) is 9.96. The summed E-state index contributed by atoms with van der Waals surface area (Å²) in [5.74, 6) is 1.18. The van der Waals surface area contributed by atoms with Crippen LogP contribution in [-0.2, 0) is 16.0 Å². The molecule has 0 unspecified atom stereocenters. The third-order valence-electron chi connectivity index (χ3n) is 5.14. The normalized spacial score (nSPS) is 16.5. The average molecular weight is 394 g/mol. The summed E-state index contributed by atoms with van der Waals surface area (Å²) >= 11 is 0. The number of amides is 2. The average Bonchev–Trinajstić information content (AvgIpc) is 3.45. The van der Waals surface area contributed by atoms with Crippen molar-refractivity contribution in [2.75, 3.05) is 17.2 Å². The highest BCUT2D eigenvalue weighted by molar-refractivity contribution is 5.96. The zero-order chi connectivity index (χ0) is 20.6. The minimum absolute atomic E-state index is 0.0373. The van der Waals surface area contributed by atoms with Crippen LogP contribution in [0.3, 0.4) is 0 Å². The molecule has 0 radical (unpaired) electrons. The molecule has 6 heteroatoms. The first kappa shape index (κ1) is 19.3. The Kier molecular flexibility index (Phi) is 4.94. The van der Waals surface area contributed by atoms with E-state index in [-0.39, 0.29) is 29.9 Å². The summed E-state index contributed by atoms with van der Waals surface area (Å²) in [5, 5.41) is 5.77. The molecule has 1 aliphatic heterocycles. The number of hydrogen-bond donors (Lipinski definition) is 2. The molecule has 2 amide bonds. The Labute approximate surface area is 170 Å². The van der Waals surface area contributed by atoms with Crippen LogP contribution in [0.2, 0.25) is 0 Å². The molecule has 6 nitrogen and oxygen atoms in total. The van der Waals surface area contributed by atoms with Crippen molar-refractivity contribution < 1.29 is 19.1 Å². The molecule has 4 rings (SSSR count). The molecule has 0 atom stereocenters. The Bertz CT molecular complexity index is 963. The molecule has 1 heterocycles. The highest BCUT2D eigenvalue weighted by Crippen LogP contribution is 2.41. The van der Waals surface area contributed by atoms with Crippen molar-refractivity contribution in [1.82, 2.24) is 0 Å². The summed E-state index contributed by atoms with van der Waals surface area (Å²) in [4.78, 5) is 24.4. The molecular weight excluding hydrogens is 368 g/mol. The molecule has 0 bridgehead atoms. The number of nitrogens with one attached hydrogen (secondary N) is 2. The van der Waals surface area contributed by atoms with E-state index < -0.39 is 0 Å². The van der Waals surface area contributed by atoms with Gasteiger partial charge in [0.15, 0.2) is 18.1 Å². The SMILES string of the molecule is Cc1ccc(NC(=O)C2CC2)cc1NC(=O)COc1cccc2c1OC(C)(C)C2. The molecule has 2 aromatic rings. The minimum Gasteiger partial charge on any atom is -0.483 e. The minimum atomic E-state index is -0.271. The third-order valence-corrected chi connectivity index (χ3v) is 5.14. The summed E-state index contributed by atoms with van der Waals surface area (Å²) in [6, 6.07) is 11.2. The highest BCUT2D eigenvalue weighted by Gasteiger charge is 2.32. The topological polar surface area (TPSA) is 76.7 Å². The molecule has 2 aromatic carbocycles. The predicted octanol–water partition coefficient (Wildman–Crippen LogP) is 4.07. The number of fused-ring (bicyclic) bond motifs is 1. The van der Waals surface area contributed by atoms with Crippen LogP contribution in [0.4, 0.5) is 11.4 Å². The maximum Gasteiger partial charge on any atom is 0.262 e. The van der Waals surface area contributed by atoms with Gasteiger partial charge in [0, 0.05) is 29.3 Å². The van der Waals surface area contributed by atoms with Gasteiger partial charge in [0.05, 0.1) is 0 Å². The second-order valence-corrected chi connectivity index (χ2v) is 8.41. The van der Waals surface area contributed by atoms with Crippen molar-refractivity contribution >= 4 is 23.2 Å². The second-order valence-electron chi connectivity index (χ2n) is 8.41. The van der Waals surface area contributed by atoms with Gasteiger partial charge in [-0.25, -0.2) is 0 Å². The Morgan fingerprint density at radius 2 is 1.97 bits per heavy atom. The maximum atomic E-state index is 12.5. The van der Waals surface area contributed by atoms with Crippen LogP contribution in [0.25, 0.3) is 0 Å². The fourth-order valence-electron chi connectivity index (χ4n) is 3.45. The number of hydrogen-bond acceptors (Lipinski definition) is 4. The van der Waals surface area contributed by atoms with Crippen molar-refractivity contribution in [2.45, 2.75) is 45.6 Å².